The Morgan fingerprint density at radius 3 is 2.81 bits per heavy atom. The van der Waals surface area contributed by atoms with E-state index in [4.69, 9.17) is 11.2 Å². The predicted octanol–water partition coefficient (Wildman–Crippen LogP) is 1.24. The van der Waals surface area contributed by atoms with Gasteiger partial charge >= 0.3 is 4.87 Å². The van der Waals surface area contributed by atoms with Crippen LogP contribution < -0.4 is 19.3 Å². The predicted molar refractivity (Wildman–Crippen MR) is 94.1 cm³/mol. The monoisotopic (exact) mass is 374 g/mol. The van der Waals surface area contributed by atoms with E-state index in [0.29, 0.717) is 23.6 Å². The first-order valence-corrected chi connectivity index (χ1v) is 8.96. The molecule has 134 valence electrons. The fourth-order valence-corrected chi connectivity index (χ4v) is 3.97. The third kappa shape index (κ3) is 2.72. The van der Waals surface area contributed by atoms with E-state index >= 15 is 0 Å². The lowest BCUT2D eigenvalue weighted by molar-refractivity contribution is -0.121. The Bertz CT molecular complexity index is 1060. The summed E-state index contributed by atoms with van der Waals surface area (Å²) < 4.78 is 23.2. The molecule has 2 aliphatic rings. The number of anilines is 1. The molecule has 2 aromatic rings. The third-order valence-electron chi connectivity index (χ3n) is 4.33. The molecule has 4 rings (SSSR count). The smallest absolute Gasteiger partial charge is 0.325 e. The molecule has 0 saturated heterocycles. The normalized spacial score (nSPS) is 16.7. The van der Waals surface area contributed by atoms with Crippen LogP contribution in [0.25, 0.3) is 0 Å². The second-order valence-electron chi connectivity index (χ2n) is 5.96. The number of halogens is 1. The Hall–Kier alpha value is -2.86. The van der Waals surface area contributed by atoms with E-state index in [9.17, 15) is 14.0 Å². The summed E-state index contributed by atoms with van der Waals surface area (Å²) in [6, 6.07) is 2.63. The standard InChI is InChI=1S/C17H15FN4O3S/c1-2-5-20-13-9-12(11(18)8-14(13)25-10-15(20)23)19-16-21-6-3-4-7-22(21)17(24)26-16/h1,8-9H,3-7,10H2/b19-16-. The lowest BCUT2D eigenvalue weighted by Gasteiger charge is -2.28. The molecule has 0 aliphatic carbocycles. The van der Waals surface area contributed by atoms with Gasteiger partial charge in [0.15, 0.2) is 12.4 Å². The quantitative estimate of drug-likeness (QED) is 0.743. The minimum atomic E-state index is -0.588. The average Bonchev–Trinajstić information content (AvgIpc) is 2.95. The number of rotatable bonds is 2. The Kier molecular flexibility index (Phi) is 4.12. The second-order valence-corrected chi connectivity index (χ2v) is 6.88. The van der Waals surface area contributed by atoms with E-state index < -0.39 is 5.82 Å². The maximum atomic E-state index is 14.5. The molecule has 0 radical (unpaired) electrons. The molecule has 9 heteroatoms. The molecule has 1 aromatic carbocycles. The van der Waals surface area contributed by atoms with Gasteiger partial charge < -0.3 is 4.74 Å². The molecule has 0 unspecified atom stereocenters. The number of carbonyl (C=O) groups is 1. The fraction of sp³-hybridized carbons (Fsp3) is 0.353. The van der Waals surface area contributed by atoms with Gasteiger partial charge in [0.1, 0.15) is 11.4 Å². The first-order valence-electron chi connectivity index (χ1n) is 8.14. The highest BCUT2D eigenvalue weighted by Crippen LogP contribution is 2.37. The van der Waals surface area contributed by atoms with Crippen LogP contribution in [0.1, 0.15) is 12.8 Å². The van der Waals surface area contributed by atoms with E-state index in [2.05, 4.69) is 10.9 Å². The van der Waals surface area contributed by atoms with Crippen LogP contribution in [0.2, 0.25) is 0 Å². The first kappa shape index (κ1) is 16.6. The highest BCUT2D eigenvalue weighted by Gasteiger charge is 2.26. The van der Waals surface area contributed by atoms with E-state index in [1.54, 1.807) is 9.36 Å². The zero-order valence-electron chi connectivity index (χ0n) is 13.8. The number of benzene rings is 1. The number of terminal acetylenes is 1. The molecular formula is C17H15FN4O3S. The van der Waals surface area contributed by atoms with Gasteiger partial charge in [-0.05, 0) is 30.2 Å². The summed E-state index contributed by atoms with van der Waals surface area (Å²) in [4.78, 5) is 30.1. The van der Waals surface area contributed by atoms with Crippen molar-refractivity contribution in [3.05, 3.63) is 32.4 Å². The van der Waals surface area contributed by atoms with Crippen LogP contribution in [0.3, 0.4) is 0 Å². The minimum Gasteiger partial charge on any atom is -0.481 e. The number of hydrogen-bond donors (Lipinski definition) is 0. The number of amides is 1. The molecule has 26 heavy (non-hydrogen) atoms. The zero-order valence-corrected chi connectivity index (χ0v) is 14.6. The van der Waals surface area contributed by atoms with Gasteiger partial charge in [-0.3, -0.25) is 19.2 Å². The highest BCUT2D eigenvalue weighted by atomic mass is 32.1. The van der Waals surface area contributed by atoms with Gasteiger partial charge in [-0.1, -0.05) is 5.92 Å². The van der Waals surface area contributed by atoms with E-state index in [1.807, 2.05) is 0 Å². The second kappa shape index (κ2) is 6.46. The van der Waals surface area contributed by atoms with Crippen LogP contribution >= 0.6 is 11.3 Å². The maximum Gasteiger partial charge on any atom is 0.325 e. The summed E-state index contributed by atoms with van der Waals surface area (Å²) in [5.74, 6) is 1.78. The largest absolute Gasteiger partial charge is 0.481 e. The summed E-state index contributed by atoms with van der Waals surface area (Å²) in [5.41, 5.74) is 0.413. The number of ether oxygens (including phenoxy) is 1. The molecule has 0 bridgehead atoms. The summed E-state index contributed by atoms with van der Waals surface area (Å²) in [6.07, 6.45) is 7.20. The topological polar surface area (TPSA) is 68.8 Å². The molecule has 2 aliphatic heterocycles. The Balaban J connectivity index is 1.85. The summed E-state index contributed by atoms with van der Waals surface area (Å²) in [6.45, 7) is 1.17. The van der Waals surface area contributed by atoms with Crippen LogP contribution in [0.15, 0.2) is 21.9 Å². The molecule has 7 nitrogen and oxygen atoms in total. The van der Waals surface area contributed by atoms with Gasteiger partial charge in [-0.25, -0.2) is 14.1 Å². The van der Waals surface area contributed by atoms with Crippen molar-refractivity contribution in [2.45, 2.75) is 25.9 Å². The lowest BCUT2D eigenvalue weighted by Crippen LogP contribution is -2.39. The molecule has 0 spiro atoms. The third-order valence-corrected chi connectivity index (χ3v) is 5.20. The average molecular weight is 374 g/mol. The molecule has 1 aromatic heterocycles. The number of hydrogen-bond acceptors (Lipinski definition) is 5. The first-order chi connectivity index (χ1) is 12.6. The number of aromatic nitrogens is 2. The van der Waals surface area contributed by atoms with Crippen LogP contribution in [0.5, 0.6) is 5.75 Å². The van der Waals surface area contributed by atoms with E-state index in [-0.39, 0.29) is 35.4 Å². The van der Waals surface area contributed by atoms with E-state index in [0.717, 1.165) is 24.2 Å². The van der Waals surface area contributed by atoms with Crippen molar-refractivity contribution in [3.63, 3.8) is 0 Å². The maximum absolute atomic E-state index is 14.5. The van der Waals surface area contributed by atoms with Gasteiger partial charge in [0.05, 0.1) is 12.2 Å². The van der Waals surface area contributed by atoms with Crippen molar-refractivity contribution in [1.82, 2.24) is 9.36 Å². The van der Waals surface area contributed by atoms with Crippen molar-refractivity contribution in [3.8, 4) is 18.1 Å². The number of carbonyl (C=O) groups excluding carboxylic acids is 1. The number of fused-ring (bicyclic) bond motifs is 2. The van der Waals surface area contributed by atoms with Gasteiger partial charge in [0.25, 0.3) is 5.91 Å². The van der Waals surface area contributed by atoms with Crippen LogP contribution in [-0.4, -0.2) is 28.4 Å². The Morgan fingerprint density at radius 1 is 1.27 bits per heavy atom. The van der Waals surface area contributed by atoms with Crippen molar-refractivity contribution in [1.29, 1.82) is 0 Å². The molecule has 0 fully saturated rings. The molecule has 0 atom stereocenters. The Morgan fingerprint density at radius 2 is 2.04 bits per heavy atom. The molecule has 0 N–H and O–H groups in total. The van der Waals surface area contributed by atoms with Crippen molar-refractivity contribution >= 4 is 28.6 Å². The molecule has 1 amide bonds. The summed E-state index contributed by atoms with van der Waals surface area (Å²) >= 11 is 0.976. The lowest BCUT2D eigenvalue weighted by atomic mass is 10.2. The van der Waals surface area contributed by atoms with Crippen LogP contribution in [0, 0.1) is 18.2 Å². The molecular weight excluding hydrogens is 359 g/mol. The van der Waals surface area contributed by atoms with Gasteiger partial charge in [0.2, 0.25) is 4.80 Å². The van der Waals surface area contributed by atoms with E-state index in [1.165, 1.54) is 17.0 Å². The SMILES string of the molecule is C#CCN1C(=O)COc2cc(F)c(/N=c3\sc(=O)n4n3CCCC4)cc21. The summed E-state index contributed by atoms with van der Waals surface area (Å²) in [5, 5.41) is 0. The molecule has 3 heterocycles. The van der Waals surface area contributed by atoms with Gasteiger partial charge in [-0.15, -0.1) is 6.42 Å². The summed E-state index contributed by atoms with van der Waals surface area (Å²) in [7, 11) is 0. The van der Waals surface area contributed by atoms with Crippen molar-refractivity contribution < 1.29 is 13.9 Å². The van der Waals surface area contributed by atoms with Crippen LogP contribution in [-0.2, 0) is 17.9 Å². The number of nitrogens with zero attached hydrogens (tertiary/aromatic N) is 4. The zero-order chi connectivity index (χ0) is 18.3. The van der Waals surface area contributed by atoms with Crippen LogP contribution in [0.4, 0.5) is 15.8 Å². The van der Waals surface area contributed by atoms with Crippen molar-refractivity contribution in [2.24, 2.45) is 4.99 Å². The highest BCUT2D eigenvalue weighted by molar-refractivity contribution is 7.06. The Labute approximate surface area is 151 Å². The minimum absolute atomic E-state index is 0.0341. The molecule has 0 saturated carbocycles. The van der Waals surface area contributed by atoms with Gasteiger partial charge in [0, 0.05) is 19.2 Å². The fourth-order valence-electron chi connectivity index (χ4n) is 3.08. The van der Waals surface area contributed by atoms with Gasteiger partial charge in [-0.2, -0.15) is 0 Å². The van der Waals surface area contributed by atoms with Crippen molar-refractivity contribution in [2.75, 3.05) is 18.1 Å².